The van der Waals surface area contributed by atoms with Crippen LogP contribution in [0.1, 0.15) is 5.56 Å². The Kier molecular flexibility index (Phi) is 10.5. The monoisotopic (exact) mass is 1170 g/mol. The van der Waals surface area contributed by atoms with Gasteiger partial charge in [0.15, 0.2) is 0 Å². The summed E-state index contributed by atoms with van der Waals surface area (Å²) in [6.07, 6.45) is 1.95. The molecule has 0 atom stereocenters. The molecule has 0 bridgehead atoms. The van der Waals surface area contributed by atoms with Crippen LogP contribution in [0.4, 0.5) is 0 Å². The molecule has 0 fully saturated rings. The summed E-state index contributed by atoms with van der Waals surface area (Å²) in [6, 6.07) is 111. The molecule has 426 valence electrons. The number of nitriles is 1. The van der Waals surface area contributed by atoms with E-state index in [2.05, 4.69) is 319 Å². The molecule has 7 aromatic heterocycles. The van der Waals surface area contributed by atoms with Crippen molar-refractivity contribution < 1.29 is 0 Å². The van der Waals surface area contributed by atoms with Crippen LogP contribution in [0.15, 0.2) is 303 Å². The van der Waals surface area contributed by atoms with Crippen LogP contribution in [0.2, 0.25) is 0 Å². The average molecular weight is 1170 g/mol. The van der Waals surface area contributed by atoms with Crippen LogP contribution in [-0.4, -0.2) is 32.4 Å². The van der Waals surface area contributed by atoms with Crippen LogP contribution < -0.4 is 0 Å². The Morgan fingerprint density at radius 1 is 0.250 bits per heavy atom. The molecule has 0 aliphatic carbocycles. The zero-order valence-electron chi connectivity index (χ0n) is 49.4. The Bertz CT molecular complexity index is 6110. The number of aromatic nitrogens is 7. The van der Waals surface area contributed by atoms with E-state index in [0.29, 0.717) is 5.56 Å². The SMILES string of the molecule is N#Cc1ccc(-c2c(-n3c4ccccc4c4ccccc43)c(-n3c4ccccc4c4ccccc43)c(-n3c4ccccc4c4ccc5c(c6ncccc6n5-c5ccccc5)c43)c(-n3c4ccccc4c4ccccc43)c2-n2c3ccccc3c3ccccc32)cc1. The molecule has 0 aliphatic rings. The van der Waals surface area contributed by atoms with Crippen molar-refractivity contribution in [3.05, 3.63) is 309 Å². The van der Waals surface area contributed by atoms with Gasteiger partial charge in [-0.25, -0.2) is 0 Å². The van der Waals surface area contributed by atoms with Gasteiger partial charge in [0, 0.05) is 71.3 Å². The molecular formula is C84H50N8. The Labute approximate surface area is 526 Å². The van der Waals surface area contributed by atoms with E-state index in [1.165, 1.54) is 0 Å². The highest BCUT2D eigenvalue weighted by Gasteiger charge is 2.37. The van der Waals surface area contributed by atoms with Crippen molar-refractivity contribution in [1.29, 1.82) is 5.26 Å². The van der Waals surface area contributed by atoms with E-state index < -0.39 is 0 Å². The molecule has 20 aromatic rings. The fourth-order valence-electron chi connectivity index (χ4n) is 15.8. The van der Waals surface area contributed by atoms with Gasteiger partial charge in [0.2, 0.25) is 0 Å². The largest absolute Gasteiger partial charge is 0.308 e. The Morgan fingerprint density at radius 2 is 0.576 bits per heavy atom. The first-order chi connectivity index (χ1) is 45.7. The van der Waals surface area contributed by atoms with Crippen molar-refractivity contribution >= 4 is 131 Å². The summed E-state index contributed by atoms with van der Waals surface area (Å²) < 4.78 is 15.4. The second kappa shape index (κ2) is 19.2. The minimum absolute atomic E-state index is 0.574. The van der Waals surface area contributed by atoms with Crippen molar-refractivity contribution in [1.82, 2.24) is 32.4 Å². The Hall–Kier alpha value is -12.7. The highest BCUT2D eigenvalue weighted by molar-refractivity contribution is 6.27. The zero-order chi connectivity index (χ0) is 60.3. The summed E-state index contributed by atoms with van der Waals surface area (Å²) in [7, 11) is 0. The molecule has 20 rings (SSSR count). The second-order valence-corrected chi connectivity index (χ2v) is 24.0. The smallest absolute Gasteiger partial charge is 0.0991 e. The van der Waals surface area contributed by atoms with E-state index in [1.807, 2.05) is 18.3 Å². The molecule has 0 radical (unpaired) electrons. The van der Waals surface area contributed by atoms with Gasteiger partial charge in [0.05, 0.1) is 117 Å². The fraction of sp³-hybridized carbons (Fsp3) is 0. The van der Waals surface area contributed by atoms with Crippen molar-refractivity contribution in [3.63, 3.8) is 0 Å². The van der Waals surface area contributed by atoms with Crippen LogP contribution >= 0.6 is 0 Å². The van der Waals surface area contributed by atoms with E-state index in [-0.39, 0.29) is 0 Å². The van der Waals surface area contributed by atoms with Gasteiger partial charge in [0.25, 0.3) is 0 Å². The van der Waals surface area contributed by atoms with Gasteiger partial charge in [-0.3, -0.25) is 4.98 Å². The quantitative estimate of drug-likeness (QED) is 0.160. The number of para-hydroxylation sites is 10. The van der Waals surface area contributed by atoms with E-state index in [9.17, 15) is 5.26 Å². The number of rotatable bonds is 7. The third-order valence-electron chi connectivity index (χ3n) is 19.4. The van der Waals surface area contributed by atoms with Gasteiger partial charge in [0.1, 0.15) is 0 Å². The zero-order valence-corrected chi connectivity index (χ0v) is 49.4. The van der Waals surface area contributed by atoms with Gasteiger partial charge < -0.3 is 27.4 Å². The van der Waals surface area contributed by atoms with Crippen LogP contribution in [0, 0.1) is 11.3 Å². The summed E-state index contributed by atoms with van der Waals surface area (Å²) in [5.74, 6) is 0. The van der Waals surface area contributed by atoms with Crippen molar-refractivity contribution in [2.24, 2.45) is 0 Å². The summed E-state index contributed by atoms with van der Waals surface area (Å²) in [5, 5.41) is 23.1. The molecule has 13 aromatic carbocycles. The van der Waals surface area contributed by atoms with Crippen LogP contribution in [0.5, 0.6) is 0 Å². The first kappa shape index (κ1) is 50.3. The van der Waals surface area contributed by atoms with E-state index in [1.54, 1.807) is 0 Å². The highest BCUT2D eigenvalue weighted by atomic mass is 15.2. The lowest BCUT2D eigenvalue weighted by Crippen LogP contribution is -2.18. The minimum Gasteiger partial charge on any atom is -0.308 e. The van der Waals surface area contributed by atoms with Crippen molar-refractivity contribution in [2.75, 3.05) is 0 Å². The van der Waals surface area contributed by atoms with Gasteiger partial charge >= 0.3 is 0 Å². The van der Waals surface area contributed by atoms with Gasteiger partial charge in [-0.15, -0.1) is 0 Å². The van der Waals surface area contributed by atoms with E-state index in [4.69, 9.17) is 4.98 Å². The molecule has 7 heterocycles. The molecule has 92 heavy (non-hydrogen) atoms. The summed E-state index contributed by atoms with van der Waals surface area (Å²) in [5.41, 5.74) is 21.7. The van der Waals surface area contributed by atoms with Crippen LogP contribution in [0.25, 0.3) is 176 Å². The number of pyridine rings is 1. The average Bonchev–Trinajstić information content (AvgIpc) is 1.44. The van der Waals surface area contributed by atoms with Gasteiger partial charge in [-0.1, -0.05) is 200 Å². The second-order valence-electron chi connectivity index (χ2n) is 24.0. The van der Waals surface area contributed by atoms with E-state index >= 15 is 0 Å². The summed E-state index contributed by atoms with van der Waals surface area (Å²) >= 11 is 0. The summed E-state index contributed by atoms with van der Waals surface area (Å²) in [6.45, 7) is 0. The van der Waals surface area contributed by atoms with Crippen molar-refractivity contribution in [2.45, 2.75) is 0 Å². The topological polar surface area (TPSA) is 66.3 Å². The molecule has 8 heteroatoms. The molecule has 0 unspecified atom stereocenters. The first-order valence-corrected chi connectivity index (χ1v) is 31.3. The number of hydrogen-bond donors (Lipinski definition) is 0. The third-order valence-corrected chi connectivity index (χ3v) is 19.4. The lowest BCUT2D eigenvalue weighted by Gasteiger charge is -2.32. The number of benzene rings is 13. The van der Waals surface area contributed by atoms with Crippen molar-refractivity contribution in [3.8, 4) is 51.3 Å². The molecule has 0 spiro atoms. The third kappa shape index (κ3) is 6.74. The molecular weight excluding hydrogens is 1120 g/mol. The molecule has 0 saturated carbocycles. The maximum absolute atomic E-state index is 10.8. The minimum atomic E-state index is 0.574. The molecule has 0 aliphatic heterocycles. The van der Waals surface area contributed by atoms with Crippen LogP contribution in [-0.2, 0) is 0 Å². The molecule has 0 N–H and O–H groups in total. The standard InChI is InChI=1S/C84H50N8/c85-51-52-44-46-53(47-45-52)76-80(88-65-34-13-4-25-55(65)56-26-5-14-35-66(56)88)82(90-69-38-17-8-29-59(69)60-30-9-18-39-70(60)90)84(92-73-42-21-12-33-63(73)64-48-49-74-77(79(64)92)78-75(43-22-50-86-78)87(74)54-23-2-1-3-24-54)83(91-71-40-19-10-31-61(71)62-32-11-20-41-72(62)91)81(76)89-67-36-15-6-27-57(67)58-28-7-16-37-68(58)89/h1-50H. The molecule has 0 amide bonds. The Balaban J connectivity index is 1.19. The maximum Gasteiger partial charge on any atom is 0.0991 e. The number of nitrogens with zero attached hydrogens (tertiary/aromatic N) is 8. The predicted molar refractivity (Wildman–Crippen MR) is 380 cm³/mol. The Morgan fingerprint density at radius 3 is 0.967 bits per heavy atom. The summed E-state index contributed by atoms with van der Waals surface area (Å²) in [4.78, 5) is 5.46. The van der Waals surface area contributed by atoms with Gasteiger partial charge in [-0.05, 0) is 103 Å². The lowest BCUT2D eigenvalue weighted by molar-refractivity contribution is 1.00. The van der Waals surface area contributed by atoms with Crippen LogP contribution in [0.3, 0.4) is 0 Å². The van der Waals surface area contributed by atoms with Gasteiger partial charge in [-0.2, -0.15) is 5.26 Å². The predicted octanol–water partition coefficient (Wildman–Crippen LogP) is 21.2. The fourth-order valence-corrected chi connectivity index (χ4v) is 15.8. The van der Waals surface area contributed by atoms with E-state index in [0.717, 1.165) is 176 Å². The number of hydrogen-bond acceptors (Lipinski definition) is 2. The maximum atomic E-state index is 10.8. The first-order valence-electron chi connectivity index (χ1n) is 31.3. The molecule has 8 nitrogen and oxygen atoms in total. The molecule has 0 saturated heterocycles. The highest BCUT2D eigenvalue weighted by Crippen LogP contribution is 2.55. The number of fused-ring (bicyclic) bond motifs is 19. The normalized spacial score (nSPS) is 12.1. The lowest BCUT2D eigenvalue weighted by atomic mass is 9.94.